The van der Waals surface area contributed by atoms with Crippen LogP contribution in [0, 0.1) is 6.92 Å². The van der Waals surface area contributed by atoms with Gasteiger partial charge in [-0.25, -0.2) is 4.98 Å². The molecule has 0 aliphatic carbocycles. The molecule has 0 saturated carbocycles. The molecule has 1 aliphatic rings. The number of nitrogens with zero attached hydrogens (tertiary/aromatic N) is 2. The molecule has 0 radical (unpaired) electrons. The number of aryl methyl sites for hydroxylation is 1. The monoisotopic (exact) mass is 270 g/mol. The van der Waals surface area contributed by atoms with Crippen molar-refractivity contribution in [2.75, 3.05) is 13.2 Å². The van der Waals surface area contributed by atoms with Gasteiger partial charge < -0.3 is 9.14 Å². The molecule has 1 atom stereocenters. The van der Waals surface area contributed by atoms with Crippen molar-refractivity contribution in [2.45, 2.75) is 25.4 Å². The molecule has 102 valence electrons. The van der Waals surface area contributed by atoms with Crippen LogP contribution in [0.25, 0.3) is 5.65 Å². The summed E-state index contributed by atoms with van der Waals surface area (Å²) in [6, 6.07) is 1.21. The number of hydrogen-bond acceptors (Lipinski definition) is 2. The second-order valence-electron chi connectivity index (χ2n) is 4.86. The van der Waals surface area contributed by atoms with Crippen LogP contribution in [-0.4, -0.2) is 22.6 Å². The Bertz CT molecular complexity index is 612. The van der Waals surface area contributed by atoms with Gasteiger partial charge in [0, 0.05) is 30.5 Å². The lowest BCUT2D eigenvalue weighted by molar-refractivity contribution is -0.137. The quantitative estimate of drug-likeness (QED) is 0.795. The molecule has 19 heavy (non-hydrogen) atoms. The SMILES string of the molecule is Cc1cn2cc(C(F)(F)F)cc(C3CCOC3)c2n1. The molecule has 1 saturated heterocycles. The summed E-state index contributed by atoms with van der Waals surface area (Å²) in [4.78, 5) is 4.32. The van der Waals surface area contributed by atoms with Crippen LogP contribution >= 0.6 is 0 Å². The zero-order valence-electron chi connectivity index (χ0n) is 10.4. The topological polar surface area (TPSA) is 26.5 Å². The predicted octanol–water partition coefficient (Wildman–Crippen LogP) is 3.17. The largest absolute Gasteiger partial charge is 0.417 e. The van der Waals surface area contributed by atoms with E-state index in [0.29, 0.717) is 30.1 Å². The highest BCUT2D eigenvalue weighted by Gasteiger charge is 2.33. The van der Waals surface area contributed by atoms with Crippen molar-refractivity contribution in [1.82, 2.24) is 9.38 Å². The first-order chi connectivity index (χ1) is 8.95. The molecular formula is C13H13F3N2O. The highest BCUT2D eigenvalue weighted by atomic mass is 19.4. The number of imidazole rings is 1. The number of halogens is 3. The second-order valence-corrected chi connectivity index (χ2v) is 4.86. The molecule has 3 heterocycles. The molecule has 0 spiro atoms. The van der Waals surface area contributed by atoms with Gasteiger partial charge >= 0.3 is 6.18 Å². The van der Waals surface area contributed by atoms with E-state index in [2.05, 4.69) is 4.98 Å². The Morgan fingerprint density at radius 2 is 2.16 bits per heavy atom. The summed E-state index contributed by atoms with van der Waals surface area (Å²) in [5, 5.41) is 0. The Morgan fingerprint density at radius 1 is 1.37 bits per heavy atom. The van der Waals surface area contributed by atoms with Crippen LogP contribution in [0.5, 0.6) is 0 Å². The summed E-state index contributed by atoms with van der Waals surface area (Å²) in [5.74, 6) is -0.00778. The van der Waals surface area contributed by atoms with E-state index < -0.39 is 11.7 Å². The number of ether oxygens (including phenoxy) is 1. The first kappa shape index (κ1) is 12.5. The molecule has 2 aromatic rings. The number of rotatable bonds is 1. The molecule has 0 bridgehead atoms. The van der Waals surface area contributed by atoms with E-state index in [-0.39, 0.29) is 5.92 Å². The third kappa shape index (κ3) is 2.20. The Hall–Kier alpha value is -1.56. The van der Waals surface area contributed by atoms with Crippen LogP contribution in [0.2, 0.25) is 0 Å². The second kappa shape index (κ2) is 4.23. The van der Waals surface area contributed by atoms with E-state index in [9.17, 15) is 13.2 Å². The van der Waals surface area contributed by atoms with Crippen molar-refractivity contribution in [1.29, 1.82) is 0 Å². The maximum absolute atomic E-state index is 12.9. The Morgan fingerprint density at radius 3 is 2.79 bits per heavy atom. The highest BCUT2D eigenvalue weighted by Crippen LogP contribution is 2.35. The summed E-state index contributed by atoms with van der Waals surface area (Å²) < 4.78 is 45.5. The molecule has 6 heteroatoms. The zero-order chi connectivity index (χ0) is 13.6. The van der Waals surface area contributed by atoms with Crippen LogP contribution in [0.4, 0.5) is 13.2 Å². The van der Waals surface area contributed by atoms with Crippen LogP contribution in [0.3, 0.4) is 0 Å². The van der Waals surface area contributed by atoms with Crippen molar-refractivity contribution in [3.63, 3.8) is 0 Å². The summed E-state index contributed by atoms with van der Waals surface area (Å²) in [7, 11) is 0. The van der Waals surface area contributed by atoms with Crippen molar-refractivity contribution >= 4 is 5.65 Å². The van der Waals surface area contributed by atoms with E-state index >= 15 is 0 Å². The van der Waals surface area contributed by atoms with E-state index in [0.717, 1.165) is 12.6 Å². The summed E-state index contributed by atoms with van der Waals surface area (Å²) in [5.41, 5.74) is 1.29. The number of pyridine rings is 1. The predicted molar refractivity (Wildman–Crippen MR) is 63.1 cm³/mol. The molecule has 2 aromatic heterocycles. The fourth-order valence-corrected chi connectivity index (χ4v) is 2.48. The lowest BCUT2D eigenvalue weighted by atomic mass is 9.98. The first-order valence-electron chi connectivity index (χ1n) is 6.09. The number of hydrogen-bond donors (Lipinski definition) is 0. The number of alkyl halides is 3. The number of fused-ring (bicyclic) bond motifs is 1. The number of aromatic nitrogens is 2. The van der Waals surface area contributed by atoms with E-state index in [1.165, 1.54) is 10.5 Å². The third-order valence-corrected chi connectivity index (χ3v) is 3.40. The van der Waals surface area contributed by atoms with Gasteiger partial charge in [-0.2, -0.15) is 13.2 Å². The Labute approximate surface area is 108 Å². The normalized spacial score (nSPS) is 20.3. The Kier molecular flexibility index (Phi) is 2.78. The van der Waals surface area contributed by atoms with Gasteiger partial charge in [-0.15, -0.1) is 0 Å². The molecule has 3 nitrogen and oxygen atoms in total. The first-order valence-corrected chi connectivity index (χ1v) is 6.09. The van der Waals surface area contributed by atoms with Crippen molar-refractivity contribution in [2.24, 2.45) is 0 Å². The lowest BCUT2D eigenvalue weighted by Crippen LogP contribution is -2.10. The van der Waals surface area contributed by atoms with Gasteiger partial charge in [0.2, 0.25) is 0 Å². The fourth-order valence-electron chi connectivity index (χ4n) is 2.48. The minimum absolute atomic E-state index is 0.00778. The minimum atomic E-state index is -4.35. The molecule has 0 N–H and O–H groups in total. The van der Waals surface area contributed by atoms with Gasteiger partial charge in [0.15, 0.2) is 0 Å². The minimum Gasteiger partial charge on any atom is -0.381 e. The third-order valence-electron chi connectivity index (χ3n) is 3.40. The standard InChI is InChI=1S/C13H13F3N2O/c1-8-5-18-6-10(13(14,15)16)4-11(12(18)17-8)9-2-3-19-7-9/h4-6,9H,2-3,7H2,1H3. The van der Waals surface area contributed by atoms with Crippen molar-refractivity contribution in [3.8, 4) is 0 Å². The van der Waals surface area contributed by atoms with Gasteiger partial charge in [-0.1, -0.05) is 0 Å². The van der Waals surface area contributed by atoms with Gasteiger partial charge in [0.25, 0.3) is 0 Å². The van der Waals surface area contributed by atoms with Gasteiger partial charge in [0.1, 0.15) is 5.65 Å². The van der Waals surface area contributed by atoms with E-state index in [1.54, 1.807) is 13.1 Å². The van der Waals surface area contributed by atoms with Crippen LogP contribution in [-0.2, 0) is 10.9 Å². The van der Waals surface area contributed by atoms with Gasteiger partial charge in [-0.3, -0.25) is 0 Å². The molecule has 1 fully saturated rings. The molecule has 0 aromatic carbocycles. The molecular weight excluding hydrogens is 257 g/mol. The van der Waals surface area contributed by atoms with Gasteiger partial charge in [-0.05, 0) is 19.4 Å². The maximum atomic E-state index is 12.9. The van der Waals surface area contributed by atoms with E-state index in [4.69, 9.17) is 4.74 Å². The van der Waals surface area contributed by atoms with Crippen molar-refractivity contribution in [3.05, 3.63) is 35.3 Å². The molecule has 1 aliphatic heterocycles. The zero-order valence-corrected chi connectivity index (χ0v) is 10.4. The highest BCUT2D eigenvalue weighted by molar-refractivity contribution is 5.53. The Balaban J connectivity index is 2.21. The molecule has 1 unspecified atom stereocenters. The maximum Gasteiger partial charge on any atom is 0.417 e. The van der Waals surface area contributed by atoms with Crippen molar-refractivity contribution < 1.29 is 17.9 Å². The van der Waals surface area contributed by atoms with Gasteiger partial charge in [0.05, 0.1) is 17.9 Å². The summed E-state index contributed by atoms with van der Waals surface area (Å²) in [6.45, 7) is 2.82. The fraction of sp³-hybridized carbons (Fsp3) is 0.462. The summed E-state index contributed by atoms with van der Waals surface area (Å²) >= 11 is 0. The molecule has 0 amide bonds. The van der Waals surface area contributed by atoms with E-state index in [1.807, 2.05) is 0 Å². The average molecular weight is 270 g/mol. The average Bonchev–Trinajstić information content (AvgIpc) is 2.92. The lowest BCUT2D eigenvalue weighted by Gasteiger charge is -2.14. The van der Waals surface area contributed by atoms with Crippen LogP contribution < -0.4 is 0 Å². The smallest absolute Gasteiger partial charge is 0.381 e. The van der Waals surface area contributed by atoms with Crippen LogP contribution in [0.15, 0.2) is 18.5 Å². The van der Waals surface area contributed by atoms with Crippen LogP contribution in [0.1, 0.15) is 29.2 Å². The summed E-state index contributed by atoms with van der Waals surface area (Å²) in [6.07, 6.45) is -0.901. The molecule has 3 rings (SSSR count).